The maximum Gasteiger partial charge on any atom is 0.348 e. The quantitative estimate of drug-likeness (QED) is 0.169. The Morgan fingerprint density at radius 2 is 1.00 bits per heavy atom. The van der Waals surface area contributed by atoms with Gasteiger partial charge in [0.2, 0.25) is 6.10 Å². The van der Waals surface area contributed by atoms with Gasteiger partial charge in [0.05, 0.1) is 21.8 Å². The number of ether oxygens (including phenoxy) is 4. The van der Waals surface area contributed by atoms with Crippen molar-refractivity contribution in [2.75, 3.05) is 6.61 Å². The molecule has 368 valence electrons. The molecule has 8 saturated carbocycles. The third kappa shape index (κ3) is 12.8. The average Bonchev–Trinajstić information content (AvgIpc) is 3.33. The standard InChI is InChI=1S/C19H32O2.C16H26O3.C12H20O4.6CH4/c1-6-17(2,3)16(20)21-18(4,5)19-10-13-7-14(11-19)9-15(8-13)12-19;1-4-14(2,3)13(17)19-16-8-11-5-12(9-16)7-15(18,6-11)10-16;1-6-11(2,3)10(14)16-8-9(13)15-7-12(8,4)5;;;;;;/h13-15H,6-12H2,1-5H3;11-12,18H,4-10H2,1-3H3;8H,6-7H2,1-5H3;6*1H4. The van der Waals surface area contributed by atoms with Crippen molar-refractivity contribution in [2.45, 2.75) is 254 Å². The van der Waals surface area contributed by atoms with E-state index >= 15 is 0 Å². The summed E-state index contributed by atoms with van der Waals surface area (Å²) in [5.74, 6) is 2.94. The minimum absolute atomic E-state index is 0. The number of esters is 4. The van der Waals surface area contributed by atoms with Crippen molar-refractivity contribution in [3.8, 4) is 0 Å². The van der Waals surface area contributed by atoms with Crippen LogP contribution in [0.5, 0.6) is 0 Å². The molecule has 9 nitrogen and oxygen atoms in total. The van der Waals surface area contributed by atoms with Crippen molar-refractivity contribution >= 4 is 23.9 Å². The van der Waals surface area contributed by atoms with Crippen LogP contribution in [0.15, 0.2) is 0 Å². The molecule has 1 saturated heterocycles. The zero-order chi connectivity index (χ0) is 41.9. The highest BCUT2D eigenvalue weighted by Gasteiger charge is 2.61. The van der Waals surface area contributed by atoms with Crippen molar-refractivity contribution in [1.29, 1.82) is 0 Å². The van der Waals surface area contributed by atoms with Crippen LogP contribution >= 0.6 is 0 Å². The number of carbonyl (C=O) groups is 4. The van der Waals surface area contributed by atoms with Crippen molar-refractivity contribution in [1.82, 2.24) is 0 Å². The largest absolute Gasteiger partial charge is 0.462 e. The summed E-state index contributed by atoms with van der Waals surface area (Å²) in [6.45, 7) is 25.9. The van der Waals surface area contributed by atoms with Gasteiger partial charge in [-0.3, -0.25) is 14.4 Å². The summed E-state index contributed by atoms with van der Waals surface area (Å²) in [7, 11) is 0. The maximum atomic E-state index is 12.6. The van der Waals surface area contributed by atoms with Gasteiger partial charge < -0.3 is 24.1 Å². The van der Waals surface area contributed by atoms with Gasteiger partial charge in [-0.1, -0.05) is 79.2 Å². The summed E-state index contributed by atoms with van der Waals surface area (Å²) in [5, 5.41) is 10.6. The van der Waals surface area contributed by atoms with Crippen LogP contribution in [-0.4, -0.2) is 58.5 Å². The topological polar surface area (TPSA) is 125 Å². The SMILES string of the molecule is C.C.C.C.C.C.CCC(C)(C)C(=O)OC(C)(C)C12CC3CC(CC(C3)C1)C2.CCC(C)(C)C(=O)OC12CC3CC(CC(O)(C3)C1)C2.CCC(C)(C)C(=O)OC1C(=O)OCC1(C)C. The van der Waals surface area contributed by atoms with E-state index in [-0.39, 0.29) is 84.5 Å². The molecule has 9 aliphatic rings. The monoisotopic (exact) mass is 883 g/mol. The molecule has 0 aromatic carbocycles. The lowest BCUT2D eigenvalue weighted by atomic mass is 9.46. The average molecular weight is 883 g/mol. The van der Waals surface area contributed by atoms with Crippen molar-refractivity contribution in [3.63, 3.8) is 0 Å². The fourth-order valence-corrected chi connectivity index (χ4v) is 11.5. The van der Waals surface area contributed by atoms with Gasteiger partial charge in [0.15, 0.2) is 0 Å². The molecule has 9 rings (SSSR count). The maximum absolute atomic E-state index is 12.6. The number of rotatable bonds is 10. The molecule has 9 heteroatoms. The molecule has 9 fully saturated rings. The Labute approximate surface area is 383 Å². The summed E-state index contributed by atoms with van der Waals surface area (Å²) >= 11 is 0. The van der Waals surface area contributed by atoms with Gasteiger partial charge >= 0.3 is 23.9 Å². The lowest BCUT2D eigenvalue weighted by Crippen LogP contribution is -2.61. The number of carbonyl (C=O) groups excluding carboxylic acids is 4. The highest BCUT2D eigenvalue weighted by atomic mass is 16.6. The molecule has 1 heterocycles. The third-order valence-corrected chi connectivity index (χ3v) is 16.0. The second kappa shape index (κ2) is 21.4. The molecule has 0 amide bonds. The molecule has 62 heavy (non-hydrogen) atoms. The highest BCUT2D eigenvalue weighted by Crippen LogP contribution is 2.64. The Morgan fingerprint density at radius 3 is 1.37 bits per heavy atom. The van der Waals surface area contributed by atoms with Gasteiger partial charge in [-0.25, -0.2) is 4.79 Å². The predicted molar refractivity (Wildman–Crippen MR) is 256 cm³/mol. The molecule has 1 aliphatic heterocycles. The molecular weight excluding hydrogens is 781 g/mol. The summed E-state index contributed by atoms with van der Waals surface area (Å²) in [6, 6.07) is 0. The van der Waals surface area contributed by atoms with Crippen molar-refractivity contribution in [3.05, 3.63) is 0 Å². The molecule has 0 spiro atoms. The van der Waals surface area contributed by atoms with E-state index in [0.717, 1.165) is 56.3 Å². The molecule has 0 aromatic heterocycles. The minimum atomic E-state index is -0.772. The zero-order valence-electron chi connectivity index (χ0n) is 37.5. The van der Waals surface area contributed by atoms with Gasteiger partial charge in [-0.2, -0.15) is 0 Å². The number of hydrogen-bond donors (Lipinski definition) is 1. The lowest BCUT2D eigenvalue weighted by Gasteiger charge is -2.61. The summed E-state index contributed by atoms with van der Waals surface area (Å²) in [5.41, 5.74) is -2.74. The van der Waals surface area contributed by atoms with Gasteiger partial charge in [-0.05, 0) is 175 Å². The van der Waals surface area contributed by atoms with Crippen LogP contribution in [-0.2, 0) is 38.1 Å². The number of cyclic esters (lactones) is 1. The Hall–Kier alpha value is -2.16. The van der Waals surface area contributed by atoms with Crippen molar-refractivity contribution in [2.24, 2.45) is 56.7 Å². The van der Waals surface area contributed by atoms with Crippen LogP contribution in [0.4, 0.5) is 0 Å². The van der Waals surface area contributed by atoms with E-state index < -0.39 is 33.9 Å². The number of hydrogen-bond acceptors (Lipinski definition) is 9. The smallest absolute Gasteiger partial charge is 0.348 e. The summed E-state index contributed by atoms with van der Waals surface area (Å²) < 4.78 is 22.3. The molecule has 0 radical (unpaired) electrons. The second-order valence-electron chi connectivity index (χ2n) is 22.9. The lowest BCUT2D eigenvalue weighted by molar-refractivity contribution is -0.225. The predicted octanol–water partition coefficient (Wildman–Crippen LogP) is 13.7. The third-order valence-electron chi connectivity index (χ3n) is 16.0. The molecular formula is C53H102O9. The molecule has 0 aromatic rings. The normalized spacial score (nSPS) is 32.9. The first-order valence-corrected chi connectivity index (χ1v) is 22.2. The number of aliphatic hydroxyl groups is 1. The van der Waals surface area contributed by atoms with E-state index in [4.69, 9.17) is 18.9 Å². The fourth-order valence-electron chi connectivity index (χ4n) is 11.5. The van der Waals surface area contributed by atoms with Gasteiger partial charge in [-0.15, -0.1) is 0 Å². The van der Waals surface area contributed by atoms with Gasteiger partial charge in [0.1, 0.15) is 17.8 Å². The van der Waals surface area contributed by atoms with E-state index in [2.05, 4.69) is 20.8 Å². The first-order valence-electron chi connectivity index (χ1n) is 22.2. The van der Waals surface area contributed by atoms with E-state index in [9.17, 15) is 24.3 Å². The summed E-state index contributed by atoms with van der Waals surface area (Å²) in [6.07, 6.45) is 15.3. The molecule has 8 aliphatic carbocycles. The van der Waals surface area contributed by atoms with E-state index in [1.807, 2.05) is 69.2 Å². The zero-order valence-corrected chi connectivity index (χ0v) is 37.5. The first-order chi connectivity index (χ1) is 25.6. The van der Waals surface area contributed by atoms with Crippen LogP contribution in [0.2, 0.25) is 0 Å². The minimum Gasteiger partial charge on any atom is -0.462 e. The Morgan fingerprint density at radius 1 is 0.613 bits per heavy atom. The Balaban J connectivity index is 0. The van der Waals surface area contributed by atoms with E-state index in [1.54, 1.807) is 0 Å². The molecule has 1 N–H and O–H groups in total. The molecule has 3 atom stereocenters. The Kier molecular flexibility index (Phi) is 21.4. The van der Waals surface area contributed by atoms with Crippen LogP contribution in [0.3, 0.4) is 0 Å². The van der Waals surface area contributed by atoms with Gasteiger partial charge in [0.25, 0.3) is 0 Å². The first kappa shape index (κ1) is 61.9. The van der Waals surface area contributed by atoms with Crippen LogP contribution in [0, 0.1) is 56.7 Å². The van der Waals surface area contributed by atoms with Crippen LogP contribution in [0.1, 0.15) is 231 Å². The fraction of sp³-hybridized carbons (Fsp3) is 0.925. The van der Waals surface area contributed by atoms with Gasteiger partial charge in [0, 0.05) is 17.3 Å². The Bertz CT molecular complexity index is 1440. The van der Waals surface area contributed by atoms with E-state index in [0.29, 0.717) is 31.3 Å². The van der Waals surface area contributed by atoms with E-state index in [1.165, 1.54) is 44.9 Å². The van der Waals surface area contributed by atoms with Crippen LogP contribution < -0.4 is 0 Å². The molecule has 8 bridgehead atoms. The second-order valence-corrected chi connectivity index (χ2v) is 22.9. The molecule has 3 unspecified atom stereocenters. The summed E-state index contributed by atoms with van der Waals surface area (Å²) in [4.78, 5) is 48.3. The van der Waals surface area contributed by atoms with Crippen molar-refractivity contribution < 1.29 is 43.2 Å². The van der Waals surface area contributed by atoms with Crippen LogP contribution in [0.25, 0.3) is 0 Å². The highest BCUT2D eigenvalue weighted by molar-refractivity contribution is 5.83.